The molecule has 0 N–H and O–H groups in total. The predicted octanol–water partition coefficient (Wildman–Crippen LogP) is 3.01. The van der Waals surface area contributed by atoms with Crippen molar-refractivity contribution in [3.8, 4) is 0 Å². The Morgan fingerprint density at radius 1 is 1.21 bits per heavy atom. The van der Waals surface area contributed by atoms with Gasteiger partial charge in [0.2, 0.25) is 0 Å². The van der Waals surface area contributed by atoms with Gasteiger partial charge in [-0.3, -0.25) is 4.90 Å². The molecule has 0 aromatic heterocycles. The van der Waals surface area contributed by atoms with Crippen LogP contribution in [-0.2, 0) is 0 Å². The zero-order valence-corrected chi connectivity index (χ0v) is 9.39. The number of nitrogens with zero attached hydrogens (tertiary/aromatic N) is 1. The fraction of sp³-hybridized carbons (Fsp3) is 1.00. The van der Waals surface area contributed by atoms with Crippen molar-refractivity contribution in [1.82, 2.24) is 4.90 Å². The molecule has 1 aliphatic heterocycles. The first-order valence-electron chi connectivity index (χ1n) is 5.44. The van der Waals surface area contributed by atoms with Crippen LogP contribution in [0.1, 0.15) is 33.6 Å². The summed E-state index contributed by atoms with van der Waals surface area (Å²) in [7, 11) is 0. The Bertz CT molecular complexity index is 172. The van der Waals surface area contributed by atoms with Gasteiger partial charge in [0.05, 0.1) is 6.54 Å². The first-order valence-corrected chi connectivity index (χ1v) is 5.44. The average Bonchev–Trinajstić information content (AvgIpc) is 2.08. The monoisotopic (exact) mass is 205 g/mol. The highest BCUT2D eigenvalue weighted by Gasteiger charge is 2.33. The lowest BCUT2D eigenvalue weighted by atomic mass is 9.72. The molecule has 0 amide bonds. The lowest BCUT2D eigenvalue weighted by molar-refractivity contribution is 0.0328. The SMILES string of the molecule is CC(C)C1(C)CCN(CC(F)F)CC1. The predicted molar refractivity (Wildman–Crippen MR) is 54.6 cm³/mol. The average molecular weight is 205 g/mol. The highest BCUT2D eigenvalue weighted by atomic mass is 19.3. The zero-order chi connectivity index (χ0) is 10.8. The fourth-order valence-electron chi connectivity index (χ4n) is 2.02. The largest absolute Gasteiger partial charge is 0.298 e. The molecule has 14 heavy (non-hydrogen) atoms. The Kier molecular flexibility index (Phi) is 3.87. The summed E-state index contributed by atoms with van der Waals surface area (Å²) in [5.41, 5.74) is 0.360. The number of alkyl halides is 2. The summed E-state index contributed by atoms with van der Waals surface area (Å²) >= 11 is 0. The van der Waals surface area contributed by atoms with E-state index in [0.29, 0.717) is 11.3 Å². The van der Waals surface area contributed by atoms with Crippen LogP contribution in [-0.4, -0.2) is 31.0 Å². The molecule has 0 unspecified atom stereocenters. The molecule has 0 spiro atoms. The molecular formula is C11H21F2N. The fourth-order valence-corrected chi connectivity index (χ4v) is 2.02. The molecule has 0 bridgehead atoms. The van der Waals surface area contributed by atoms with Crippen LogP contribution in [0.15, 0.2) is 0 Å². The maximum absolute atomic E-state index is 12.1. The summed E-state index contributed by atoms with van der Waals surface area (Å²) in [5, 5.41) is 0. The van der Waals surface area contributed by atoms with E-state index in [0.717, 1.165) is 25.9 Å². The third-order valence-corrected chi connectivity index (χ3v) is 3.79. The van der Waals surface area contributed by atoms with Crippen LogP contribution < -0.4 is 0 Å². The van der Waals surface area contributed by atoms with Crippen LogP contribution >= 0.6 is 0 Å². The van der Waals surface area contributed by atoms with Gasteiger partial charge in [0.1, 0.15) is 0 Å². The van der Waals surface area contributed by atoms with E-state index in [-0.39, 0.29) is 6.54 Å². The van der Waals surface area contributed by atoms with Gasteiger partial charge in [-0.05, 0) is 37.3 Å². The van der Waals surface area contributed by atoms with E-state index >= 15 is 0 Å². The van der Waals surface area contributed by atoms with Gasteiger partial charge >= 0.3 is 0 Å². The topological polar surface area (TPSA) is 3.24 Å². The summed E-state index contributed by atoms with van der Waals surface area (Å²) < 4.78 is 24.3. The molecule has 1 heterocycles. The van der Waals surface area contributed by atoms with Crippen LogP contribution in [0.5, 0.6) is 0 Å². The van der Waals surface area contributed by atoms with E-state index < -0.39 is 6.43 Å². The smallest absolute Gasteiger partial charge is 0.251 e. The van der Waals surface area contributed by atoms with Crippen LogP contribution in [0.2, 0.25) is 0 Å². The Balaban J connectivity index is 2.38. The molecule has 1 rings (SSSR count). The summed E-state index contributed by atoms with van der Waals surface area (Å²) in [4.78, 5) is 1.88. The van der Waals surface area contributed by atoms with Gasteiger partial charge in [-0.2, -0.15) is 0 Å². The van der Waals surface area contributed by atoms with Crippen molar-refractivity contribution in [2.75, 3.05) is 19.6 Å². The van der Waals surface area contributed by atoms with Crippen molar-refractivity contribution in [1.29, 1.82) is 0 Å². The van der Waals surface area contributed by atoms with Gasteiger partial charge in [-0.15, -0.1) is 0 Å². The minimum Gasteiger partial charge on any atom is -0.298 e. The molecule has 0 aromatic rings. The third kappa shape index (κ3) is 2.91. The van der Waals surface area contributed by atoms with Crippen LogP contribution in [0.25, 0.3) is 0 Å². The Hall–Kier alpha value is -0.180. The van der Waals surface area contributed by atoms with Crippen molar-refractivity contribution in [3.05, 3.63) is 0 Å². The second-order valence-corrected chi connectivity index (χ2v) is 5.00. The zero-order valence-electron chi connectivity index (χ0n) is 9.39. The number of piperidine rings is 1. The van der Waals surface area contributed by atoms with Crippen LogP contribution in [0, 0.1) is 11.3 Å². The van der Waals surface area contributed by atoms with E-state index in [2.05, 4.69) is 20.8 Å². The second kappa shape index (κ2) is 4.56. The Morgan fingerprint density at radius 2 is 1.71 bits per heavy atom. The van der Waals surface area contributed by atoms with Gasteiger partial charge in [-0.25, -0.2) is 8.78 Å². The third-order valence-electron chi connectivity index (χ3n) is 3.79. The normalized spacial score (nSPS) is 23.4. The molecule has 1 nitrogen and oxygen atoms in total. The van der Waals surface area contributed by atoms with Gasteiger partial charge in [0.25, 0.3) is 6.43 Å². The van der Waals surface area contributed by atoms with Gasteiger partial charge in [-0.1, -0.05) is 20.8 Å². The molecule has 1 saturated heterocycles. The first kappa shape index (κ1) is 11.9. The van der Waals surface area contributed by atoms with Gasteiger partial charge in [0, 0.05) is 0 Å². The van der Waals surface area contributed by atoms with E-state index in [9.17, 15) is 8.78 Å². The van der Waals surface area contributed by atoms with Crippen LogP contribution in [0.3, 0.4) is 0 Å². The highest BCUT2D eigenvalue weighted by Crippen LogP contribution is 2.37. The quantitative estimate of drug-likeness (QED) is 0.684. The molecule has 0 aliphatic carbocycles. The summed E-state index contributed by atoms with van der Waals surface area (Å²) in [5.74, 6) is 0.649. The molecule has 84 valence electrons. The van der Waals surface area contributed by atoms with Gasteiger partial charge in [0.15, 0.2) is 0 Å². The molecule has 0 aromatic carbocycles. The number of hydrogen-bond donors (Lipinski definition) is 0. The summed E-state index contributed by atoms with van der Waals surface area (Å²) in [6.45, 7) is 8.34. The number of likely N-dealkylation sites (tertiary alicyclic amines) is 1. The molecule has 0 saturated carbocycles. The maximum atomic E-state index is 12.1. The Labute approximate surface area is 85.5 Å². The standard InChI is InChI=1S/C11H21F2N/c1-9(2)11(3)4-6-14(7-5-11)8-10(12)13/h9-10H,4-8H2,1-3H3. The number of rotatable bonds is 3. The van der Waals surface area contributed by atoms with Crippen molar-refractivity contribution >= 4 is 0 Å². The second-order valence-electron chi connectivity index (χ2n) is 5.00. The van der Waals surface area contributed by atoms with Crippen molar-refractivity contribution < 1.29 is 8.78 Å². The lowest BCUT2D eigenvalue weighted by Crippen LogP contribution is -2.42. The molecule has 1 aliphatic rings. The number of halogens is 2. The van der Waals surface area contributed by atoms with E-state index in [1.165, 1.54) is 0 Å². The molecular weight excluding hydrogens is 184 g/mol. The minimum atomic E-state index is -2.18. The van der Waals surface area contributed by atoms with E-state index in [1.807, 2.05) is 4.90 Å². The highest BCUT2D eigenvalue weighted by molar-refractivity contribution is 4.84. The minimum absolute atomic E-state index is 0.0474. The summed E-state index contributed by atoms with van der Waals surface area (Å²) in [6.07, 6.45) is -0.0761. The number of hydrogen-bond acceptors (Lipinski definition) is 1. The van der Waals surface area contributed by atoms with Crippen molar-refractivity contribution in [3.63, 3.8) is 0 Å². The van der Waals surface area contributed by atoms with Crippen molar-refractivity contribution in [2.45, 2.75) is 40.0 Å². The van der Waals surface area contributed by atoms with Crippen LogP contribution in [0.4, 0.5) is 8.78 Å². The first-order chi connectivity index (χ1) is 6.44. The molecule has 3 heteroatoms. The van der Waals surface area contributed by atoms with Gasteiger partial charge < -0.3 is 0 Å². The molecule has 0 atom stereocenters. The molecule has 1 fully saturated rings. The van der Waals surface area contributed by atoms with E-state index in [4.69, 9.17) is 0 Å². The van der Waals surface area contributed by atoms with E-state index in [1.54, 1.807) is 0 Å². The summed E-state index contributed by atoms with van der Waals surface area (Å²) in [6, 6.07) is 0. The maximum Gasteiger partial charge on any atom is 0.251 e. The molecule has 0 radical (unpaired) electrons. The Morgan fingerprint density at radius 3 is 2.07 bits per heavy atom. The lowest BCUT2D eigenvalue weighted by Gasteiger charge is -2.42. The van der Waals surface area contributed by atoms with Crippen molar-refractivity contribution in [2.24, 2.45) is 11.3 Å².